The second-order valence-corrected chi connectivity index (χ2v) is 4.03. The number of carbonyl (C=O) groups is 1. The van der Waals surface area contributed by atoms with Gasteiger partial charge in [0.2, 0.25) is 0 Å². The first-order chi connectivity index (χ1) is 8.80. The summed E-state index contributed by atoms with van der Waals surface area (Å²) in [7, 11) is 0. The maximum atomic E-state index is 12.1. The number of hydrogen-bond donors (Lipinski definition) is 3. The summed E-state index contributed by atoms with van der Waals surface area (Å²) in [4.78, 5) is 11.4. The Labute approximate surface area is 107 Å². The van der Waals surface area contributed by atoms with Gasteiger partial charge in [0.1, 0.15) is 6.54 Å². The average Bonchev–Trinajstić information content (AvgIpc) is 2.62. The standard InChI is InChI=1S/C10H15F3N4O2/c1-7(3-5-18)14-9(19)15-8-2-4-17(16-8)6-10(11,12)13/h2,4,7,18H,3,5-6H2,1H3,(H2,14,15,16,19)/t7-/m1/s1. The molecule has 6 nitrogen and oxygen atoms in total. The third kappa shape index (κ3) is 6.09. The highest BCUT2D eigenvalue weighted by Crippen LogP contribution is 2.17. The number of aliphatic hydroxyl groups excluding tert-OH is 1. The van der Waals surface area contributed by atoms with Crippen molar-refractivity contribution in [1.82, 2.24) is 15.1 Å². The van der Waals surface area contributed by atoms with Crippen LogP contribution >= 0.6 is 0 Å². The normalized spacial score (nSPS) is 13.1. The van der Waals surface area contributed by atoms with Crippen LogP contribution in [0.25, 0.3) is 0 Å². The lowest BCUT2D eigenvalue weighted by atomic mass is 10.2. The smallest absolute Gasteiger partial charge is 0.396 e. The molecule has 0 saturated carbocycles. The number of urea groups is 1. The van der Waals surface area contributed by atoms with Gasteiger partial charge in [0.15, 0.2) is 5.82 Å². The molecule has 1 atom stereocenters. The van der Waals surface area contributed by atoms with Crippen molar-refractivity contribution in [2.75, 3.05) is 11.9 Å². The Hall–Kier alpha value is -1.77. The van der Waals surface area contributed by atoms with Gasteiger partial charge in [-0.2, -0.15) is 18.3 Å². The molecule has 1 rings (SSSR count). The fourth-order valence-electron chi connectivity index (χ4n) is 1.34. The number of carbonyl (C=O) groups excluding carboxylic acids is 1. The number of nitrogens with zero attached hydrogens (tertiary/aromatic N) is 2. The maximum absolute atomic E-state index is 12.1. The Balaban J connectivity index is 2.47. The van der Waals surface area contributed by atoms with Crippen LogP contribution in [-0.2, 0) is 6.54 Å². The SMILES string of the molecule is C[C@H](CCO)NC(=O)Nc1ccn(CC(F)(F)F)n1. The summed E-state index contributed by atoms with van der Waals surface area (Å²) < 4.78 is 36.9. The van der Waals surface area contributed by atoms with Gasteiger partial charge in [0.05, 0.1) is 0 Å². The highest BCUT2D eigenvalue weighted by atomic mass is 19.4. The molecule has 1 aromatic rings. The molecule has 1 heterocycles. The van der Waals surface area contributed by atoms with Gasteiger partial charge >= 0.3 is 12.2 Å². The quantitative estimate of drug-likeness (QED) is 0.761. The predicted octanol–water partition coefficient (Wildman–Crippen LogP) is 1.34. The molecule has 0 spiro atoms. The zero-order valence-corrected chi connectivity index (χ0v) is 10.2. The van der Waals surface area contributed by atoms with Crippen LogP contribution in [-0.4, -0.2) is 39.7 Å². The minimum atomic E-state index is -4.36. The van der Waals surface area contributed by atoms with Crippen molar-refractivity contribution < 1.29 is 23.1 Å². The van der Waals surface area contributed by atoms with Crippen LogP contribution in [0.3, 0.4) is 0 Å². The molecule has 19 heavy (non-hydrogen) atoms. The number of amides is 2. The van der Waals surface area contributed by atoms with E-state index in [2.05, 4.69) is 15.7 Å². The third-order valence-corrected chi connectivity index (χ3v) is 2.16. The Bertz CT molecular complexity index is 419. The summed E-state index contributed by atoms with van der Waals surface area (Å²) in [6.45, 7) is 0.414. The molecular formula is C10H15F3N4O2. The van der Waals surface area contributed by atoms with Gasteiger partial charge in [0, 0.05) is 24.9 Å². The van der Waals surface area contributed by atoms with Gasteiger partial charge < -0.3 is 10.4 Å². The first kappa shape index (κ1) is 15.3. The Kier molecular flexibility index (Phi) is 5.16. The van der Waals surface area contributed by atoms with Gasteiger partial charge in [-0.3, -0.25) is 10.00 Å². The van der Waals surface area contributed by atoms with Gasteiger partial charge in [-0.1, -0.05) is 0 Å². The molecule has 0 bridgehead atoms. The number of aliphatic hydroxyl groups is 1. The number of alkyl halides is 3. The molecule has 0 aromatic carbocycles. The predicted molar refractivity (Wildman–Crippen MR) is 61.6 cm³/mol. The minimum Gasteiger partial charge on any atom is -0.396 e. The van der Waals surface area contributed by atoms with E-state index in [4.69, 9.17) is 5.11 Å². The monoisotopic (exact) mass is 280 g/mol. The lowest BCUT2D eigenvalue weighted by Crippen LogP contribution is -2.36. The molecule has 0 fully saturated rings. The van der Waals surface area contributed by atoms with E-state index in [0.29, 0.717) is 11.1 Å². The van der Waals surface area contributed by atoms with Crippen LogP contribution < -0.4 is 10.6 Å². The van der Waals surface area contributed by atoms with E-state index in [9.17, 15) is 18.0 Å². The van der Waals surface area contributed by atoms with E-state index in [0.717, 1.165) is 6.20 Å². The van der Waals surface area contributed by atoms with Crippen molar-refractivity contribution in [3.63, 3.8) is 0 Å². The number of anilines is 1. The number of rotatable bonds is 5. The van der Waals surface area contributed by atoms with Crippen LogP contribution in [0, 0.1) is 0 Å². The van der Waals surface area contributed by atoms with Gasteiger partial charge in [0.25, 0.3) is 0 Å². The van der Waals surface area contributed by atoms with Crippen LogP contribution in [0.1, 0.15) is 13.3 Å². The molecule has 1 aromatic heterocycles. The van der Waals surface area contributed by atoms with Crippen molar-refractivity contribution in [2.45, 2.75) is 32.1 Å². The molecule has 0 unspecified atom stereocenters. The number of nitrogens with one attached hydrogen (secondary N) is 2. The molecule has 108 valence electrons. The van der Waals surface area contributed by atoms with Crippen LogP contribution in [0.15, 0.2) is 12.3 Å². The Morgan fingerprint density at radius 1 is 1.58 bits per heavy atom. The van der Waals surface area contributed by atoms with Crippen LogP contribution in [0.2, 0.25) is 0 Å². The van der Waals surface area contributed by atoms with Crippen molar-refractivity contribution in [3.8, 4) is 0 Å². The Morgan fingerprint density at radius 2 is 2.26 bits per heavy atom. The summed E-state index contributed by atoms with van der Waals surface area (Å²) in [5, 5.41) is 17.0. The van der Waals surface area contributed by atoms with E-state index in [1.165, 1.54) is 6.07 Å². The van der Waals surface area contributed by atoms with Gasteiger partial charge in [-0.25, -0.2) is 4.79 Å². The molecule has 0 saturated heterocycles. The molecular weight excluding hydrogens is 265 g/mol. The van der Waals surface area contributed by atoms with E-state index < -0.39 is 18.8 Å². The summed E-state index contributed by atoms with van der Waals surface area (Å²) in [5.74, 6) is 0.0259. The minimum absolute atomic E-state index is 0.0259. The van der Waals surface area contributed by atoms with Crippen molar-refractivity contribution >= 4 is 11.8 Å². The van der Waals surface area contributed by atoms with E-state index in [1.807, 2.05) is 0 Å². The fourth-order valence-corrected chi connectivity index (χ4v) is 1.34. The second-order valence-electron chi connectivity index (χ2n) is 4.03. The summed E-state index contributed by atoms with van der Waals surface area (Å²) in [5.41, 5.74) is 0. The molecule has 9 heteroatoms. The first-order valence-corrected chi connectivity index (χ1v) is 5.59. The van der Waals surface area contributed by atoms with Crippen LogP contribution in [0.5, 0.6) is 0 Å². The Morgan fingerprint density at radius 3 is 2.84 bits per heavy atom. The van der Waals surface area contributed by atoms with E-state index in [-0.39, 0.29) is 18.5 Å². The molecule has 2 amide bonds. The van der Waals surface area contributed by atoms with Gasteiger partial charge in [-0.05, 0) is 13.3 Å². The number of halogens is 3. The molecule has 0 aliphatic rings. The largest absolute Gasteiger partial charge is 0.408 e. The maximum Gasteiger partial charge on any atom is 0.408 e. The second kappa shape index (κ2) is 6.41. The topological polar surface area (TPSA) is 79.2 Å². The lowest BCUT2D eigenvalue weighted by molar-refractivity contribution is -0.142. The van der Waals surface area contributed by atoms with Crippen molar-refractivity contribution in [2.24, 2.45) is 0 Å². The molecule has 0 radical (unpaired) electrons. The number of aromatic nitrogens is 2. The summed E-state index contributed by atoms with van der Waals surface area (Å²) >= 11 is 0. The molecule has 0 aliphatic heterocycles. The van der Waals surface area contributed by atoms with Crippen molar-refractivity contribution in [1.29, 1.82) is 0 Å². The highest BCUT2D eigenvalue weighted by Gasteiger charge is 2.28. The van der Waals surface area contributed by atoms with Crippen LogP contribution in [0.4, 0.5) is 23.8 Å². The molecule has 0 aliphatic carbocycles. The molecule has 3 N–H and O–H groups in total. The van der Waals surface area contributed by atoms with E-state index in [1.54, 1.807) is 6.92 Å². The number of hydrogen-bond acceptors (Lipinski definition) is 3. The summed E-state index contributed by atoms with van der Waals surface area (Å²) in [6, 6.07) is 0.433. The fraction of sp³-hybridized carbons (Fsp3) is 0.600. The van der Waals surface area contributed by atoms with Gasteiger partial charge in [-0.15, -0.1) is 0 Å². The third-order valence-electron chi connectivity index (χ3n) is 2.16. The van der Waals surface area contributed by atoms with E-state index >= 15 is 0 Å². The van der Waals surface area contributed by atoms with Crippen molar-refractivity contribution in [3.05, 3.63) is 12.3 Å². The highest BCUT2D eigenvalue weighted by molar-refractivity contribution is 5.88. The average molecular weight is 280 g/mol. The first-order valence-electron chi connectivity index (χ1n) is 5.59. The lowest BCUT2D eigenvalue weighted by Gasteiger charge is -2.12. The summed E-state index contributed by atoms with van der Waals surface area (Å²) in [6.07, 6.45) is -2.85. The zero-order chi connectivity index (χ0) is 14.5. The zero-order valence-electron chi connectivity index (χ0n) is 10.2.